The number of halogens is 3. The summed E-state index contributed by atoms with van der Waals surface area (Å²) < 4.78 is 40.5. The van der Waals surface area contributed by atoms with E-state index in [1.165, 1.54) is 4.90 Å². The van der Waals surface area contributed by atoms with Crippen LogP contribution in [-0.4, -0.2) is 17.0 Å². The second-order valence-corrected chi connectivity index (χ2v) is 6.26. The number of rotatable bonds is 4. The Labute approximate surface area is 155 Å². The number of nitrogens with one attached hydrogen (secondary N) is 1. The third kappa shape index (κ3) is 4.19. The van der Waals surface area contributed by atoms with E-state index in [0.29, 0.717) is 5.69 Å². The molecule has 0 aliphatic carbocycles. The number of aryl methyl sites for hydroxylation is 2. The van der Waals surface area contributed by atoms with Crippen LogP contribution in [0.1, 0.15) is 16.7 Å². The van der Waals surface area contributed by atoms with Crippen molar-refractivity contribution in [2.75, 3.05) is 17.3 Å². The molecule has 0 aliphatic rings. The Kier molecular flexibility index (Phi) is 5.03. The van der Waals surface area contributed by atoms with Crippen molar-refractivity contribution in [1.29, 1.82) is 0 Å². The molecular formula is C20H19F3N4. The van der Waals surface area contributed by atoms with Crippen LogP contribution in [0.5, 0.6) is 0 Å². The van der Waals surface area contributed by atoms with Crippen molar-refractivity contribution in [2.24, 2.45) is 0 Å². The summed E-state index contributed by atoms with van der Waals surface area (Å²) in [5.41, 5.74) is 2.41. The average molecular weight is 372 g/mol. The van der Waals surface area contributed by atoms with E-state index in [4.69, 9.17) is 0 Å². The zero-order valence-corrected chi connectivity index (χ0v) is 15.2. The number of nitrogens with zero attached hydrogens (tertiary/aromatic N) is 3. The van der Waals surface area contributed by atoms with Crippen molar-refractivity contribution in [3.63, 3.8) is 0 Å². The van der Waals surface area contributed by atoms with Crippen molar-refractivity contribution in [3.8, 4) is 0 Å². The molecule has 1 heterocycles. The highest BCUT2D eigenvalue weighted by molar-refractivity contribution is 5.65. The molecule has 27 heavy (non-hydrogen) atoms. The molecule has 0 bridgehead atoms. The minimum Gasteiger partial charge on any atom is -0.329 e. The zero-order chi connectivity index (χ0) is 19.6. The molecule has 0 aliphatic heterocycles. The third-order valence-electron chi connectivity index (χ3n) is 4.20. The number of aromatic nitrogens is 2. The quantitative estimate of drug-likeness (QED) is 0.645. The van der Waals surface area contributed by atoms with E-state index in [0.717, 1.165) is 23.0 Å². The van der Waals surface area contributed by atoms with Gasteiger partial charge in [-0.15, -0.1) is 0 Å². The molecule has 0 spiro atoms. The first-order chi connectivity index (χ1) is 12.8. The van der Waals surface area contributed by atoms with Gasteiger partial charge in [0.1, 0.15) is 5.56 Å². The lowest BCUT2D eigenvalue weighted by Crippen LogP contribution is -2.19. The molecule has 0 saturated carbocycles. The summed E-state index contributed by atoms with van der Waals surface area (Å²) in [7, 11) is 1.56. The van der Waals surface area contributed by atoms with E-state index >= 15 is 0 Å². The normalized spacial score (nSPS) is 11.3. The van der Waals surface area contributed by atoms with E-state index in [-0.39, 0.29) is 11.8 Å². The van der Waals surface area contributed by atoms with Crippen molar-refractivity contribution >= 4 is 23.1 Å². The van der Waals surface area contributed by atoms with Crippen LogP contribution in [0, 0.1) is 13.8 Å². The number of alkyl halides is 3. The molecule has 4 nitrogen and oxygen atoms in total. The molecule has 0 amide bonds. The van der Waals surface area contributed by atoms with Crippen LogP contribution in [0.15, 0.2) is 54.7 Å². The van der Waals surface area contributed by atoms with Crippen LogP contribution < -0.4 is 10.2 Å². The zero-order valence-electron chi connectivity index (χ0n) is 15.2. The maximum absolute atomic E-state index is 13.5. The lowest BCUT2D eigenvalue weighted by molar-refractivity contribution is -0.137. The van der Waals surface area contributed by atoms with Crippen LogP contribution in [0.3, 0.4) is 0 Å². The Morgan fingerprint density at radius 2 is 1.63 bits per heavy atom. The smallest absolute Gasteiger partial charge is 0.329 e. The Morgan fingerprint density at radius 1 is 0.963 bits per heavy atom. The predicted molar refractivity (Wildman–Crippen MR) is 101 cm³/mol. The molecule has 0 fully saturated rings. The van der Waals surface area contributed by atoms with Crippen molar-refractivity contribution in [3.05, 3.63) is 71.4 Å². The molecule has 3 rings (SSSR count). The van der Waals surface area contributed by atoms with E-state index in [1.54, 1.807) is 19.2 Å². The van der Waals surface area contributed by atoms with Crippen LogP contribution in [0.2, 0.25) is 0 Å². The molecule has 3 aromatic rings. The molecule has 0 radical (unpaired) electrons. The topological polar surface area (TPSA) is 41.1 Å². The van der Waals surface area contributed by atoms with Gasteiger partial charge in [0.05, 0.1) is 0 Å². The lowest BCUT2D eigenvalue weighted by atomic mass is 10.2. The molecule has 140 valence electrons. The first-order valence-corrected chi connectivity index (χ1v) is 8.33. The van der Waals surface area contributed by atoms with Gasteiger partial charge in [0.15, 0.2) is 5.82 Å². The van der Waals surface area contributed by atoms with E-state index in [9.17, 15) is 13.2 Å². The monoisotopic (exact) mass is 372 g/mol. The molecule has 2 aromatic carbocycles. The van der Waals surface area contributed by atoms with Gasteiger partial charge in [0.25, 0.3) is 0 Å². The largest absolute Gasteiger partial charge is 0.421 e. The standard InChI is InChI=1S/C20H19F3N4/c1-13-8-10-15(11-9-13)27(3)18-16(20(21,22)23)12-24-19(26-18)25-17-7-5-4-6-14(17)2/h4-12H,1-3H3,(H,24,25,26). The fourth-order valence-corrected chi connectivity index (χ4v) is 2.61. The Hall–Kier alpha value is -3.09. The van der Waals surface area contributed by atoms with Crippen LogP contribution >= 0.6 is 0 Å². The summed E-state index contributed by atoms with van der Waals surface area (Å²) in [5.74, 6) is -0.108. The maximum atomic E-state index is 13.5. The average Bonchev–Trinajstić information content (AvgIpc) is 2.63. The van der Waals surface area contributed by atoms with Crippen LogP contribution in [0.25, 0.3) is 0 Å². The van der Waals surface area contributed by atoms with Crippen LogP contribution in [-0.2, 0) is 6.18 Å². The first kappa shape index (κ1) is 18.7. The van der Waals surface area contributed by atoms with Crippen molar-refractivity contribution in [1.82, 2.24) is 9.97 Å². The number of hydrogen-bond donors (Lipinski definition) is 1. The highest BCUT2D eigenvalue weighted by atomic mass is 19.4. The molecule has 1 aromatic heterocycles. The van der Waals surface area contributed by atoms with Crippen molar-refractivity contribution < 1.29 is 13.2 Å². The van der Waals surface area contributed by atoms with Gasteiger partial charge in [-0.1, -0.05) is 35.9 Å². The van der Waals surface area contributed by atoms with Crippen LogP contribution in [0.4, 0.5) is 36.3 Å². The number of para-hydroxylation sites is 1. The summed E-state index contributed by atoms with van der Waals surface area (Å²) in [6.45, 7) is 3.81. The summed E-state index contributed by atoms with van der Waals surface area (Å²) in [6, 6.07) is 14.6. The summed E-state index contributed by atoms with van der Waals surface area (Å²) in [5, 5.41) is 2.99. The highest BCUT2D eigenvalue weighted by Gasteiger charge is 2.36. The van der Waals surface area contributed by atoms with Gasteiger partial charge >= 0.3 is 6.18 Å². The lowest BCUT2D eigenvalue weighted by Gasteiger charge is -2.23. The Balaban J connectivity index is 2.03. The minimum atomic E-state index is -4.56. The van der Waals surface area contributed by atoms with Gasteiger partial charge in [0.2, 0.25) is 5.95 Å². The van der Waals surface area contributed by atoms with Gasteiger partial charge in [-0.2, -0.15) is 18.2 Å². The number of benzene rings is 2. The first-order valence-electron chi connectivity index (χ1n) is 8.33. The molecule has 0 saturated heterocycles. The molecule has 1 N–H and O–H groups in total. The predicted octanol–water partition coefficient (Wildman–Crippen LogP) is 5.62. The molecule has 0 atom stereocenters. The maximum Gasteiger partial charge on any atom is 0.421 e. The summed E-state index contributed by atoms with van der Waals surface area (Å²) in [4.78, 5) is 9.43. The third-order valence-corrected chi connectivity index (χ3v) is 4.20. The highest BCUT2D eigenvalue weighted by Crippen LogP contribution is 2.37. The van der Waals surface area contributed by atoms with E-state index in [1.807, 2.05) is 50.2 Å². The summed E-state index contributed by atoms with van der Waals surface area (Å²) >= 11 is 0. The Bertz CT molecular complexity index is 937. The molecular weight excluding hydrogens is 353 g/mol. The van der Waals surface area contributed by atoms with Gasteiger partial charge in [0, 0.05) is 24.6 Å². The van der Waals surface area contributed by atoms with Crippen molar-refractivity contribution in [2.45, 2.75) is 20.0 Å². The van der Waals surface area contributed by atoms with Gasteiger partial charge < -0.3 is 10.2 Å². The van der Waals surface area contributed by atoms with E-state index in [2.05, 4.69) is 15.3 Å². The van der Waals surface area contributed by atoms with E-state index < -0.39 is 11.7 Å². The molecule has 7 heteroatoms. The fraction of sp³-hybridized carbons (Fsp3) is 0.200. The Morgan fingerprint density at radius 3 is 2.26 bits per heavy atom. The number of hydrogen-bond acceptors (Lipinski definition) is 4. The second-order valence-electron chi connectivity index (χ2n) is 6.26. The van der Waals surface area contributed by atoms with Gasteiger partial charge in [-0.05, 0) is 37.6 Å². The summed E-state index contributed by atoms with van der Waals surface area (Å²) in [6.07, 6.45) is -3.75. The minimum absolute atomic E-state index is 0.103. The molecule has 0 unspecified atom stereocenters. The van der Waals surface area contributed by atoms with Gasteiger partial charge in [-0.3, -0.25) is 0 Å². The number of anilines is 4. The van der Waals surface area contributed by atoms with Gasteiger partial charge in [-0.25, -0.2) is 4.98 Å². The fourth-order valence-electron chi connectivity index (χ4n) is 2.61. The SMILES string of the molecule is Cc1ccc(N(C)c2nc(Nc3ccccc3C)ncc2C(F)(F)F)cc1. The second kappa shape index (κ2) is 7.26.